The fraction of sp³-hybridized carbons (Fsp3) is 0.688. The lowest BCUT2D eigenvalue weighted by Crippen LogP contribution is -2.28. The Bertz CT molecular complexity index is 477. The largest absolute Gasteiger partial charge is 0.388 e. The van der Waals surface area contributed by atoms with Crippen LogP contribution in [-0.2, 0) is 17.8 Å². The number of aryl methyl sites for hydroxylation is 1. The second-order valence-electron chi connectivity index (χ2n) is 6.20. The zero-order valence-electron chi connectivity index (χ0n) is 12.8. The van der Waals surface area contributed by atoms with Gasteiger partial charge in [0.15, 0.2) is 0 Å². The maximum absolute atomic E-state index is 11.8. The van der Waals surface area contributed by atoms with Gasteiger partial charge in [-0.2, -0.15) is 0 Å². The Kier molecular flexibility index (Phi) is 4.86. The minimum atomic E-state index is -0.325. The first-order valence-corrected chi connectivity index (χ1v) is 7.62. The molecule has 0 spiro atoms. The molecule has 0 saturated heterocycles. The highest BCUT2D eigenvalue weighted by Crippen LogP contribution is 2.32. The van der Waals surface area contributed by atoms with Gasteiger partial charge in [-0.15, -0.1) is 0 Å². The number of hydrogen-bond acceptors (Lipinski definition) is 2. The van der Waals surface area contributed by atoms with Gasteiger partial charge < -0.3 is 15.0 Å². The zero-order valence-corrected chi connectivity index (χ0v) is 12.8. The van der Waals surface area contributed by atoms with Crippen molar-refractivity contribution in [3.8, 4) is 0 Å². The van der Waals surface area contributed by atoms with Crippen LogP contribution >= 0.6 is 0 Å². The maximum Gasteiger partial charge on any atom is 0.221 e. The highest BCUT2D eigenvalue weighted by atomic mass is 16.3. The van der Waals surface area contributed by atoms with Crippen molar-refractivity contribution < 1.29 is 9.90 Å². The van der Waals surface area contributed by atoms with Gasteiger partial charge in [0.25, 0.3) is 0 Å². The molecule has 2 N–H and O–H groups in total. The molecule has 20 heavy (non-hydrogen) atoms. The molecule has 1 aromatic heterocycles. The molecule has 0 saturated carbocycles. The van der Waals surface area contributed by atoms with Crippen molar-refractivity contribution in [2.75, 3.05) is 6.54 Å². The molecule has 2 rings (SSSR count). The van der Waals surface area contributed by atoms with Crippen LogP contribution in [0.2, 0.25) is 0 Å². The minimum absolute atomic E-state index is 0.108. The van der Waals surface area contributed by atoms with Crippen LogP contribution in [0.4, 0.5) is 0 Å². The van der Waals surface area contributed by atoms with Gasteiger partial charge in [0.05, 0.1) is 6.10 Å². The van der Waals surface area contributed by atoms with Gasteiger partial charge >= 0.3 is 0 Å². The van der Waals surface area contributed by atoms with Crippen LogP contribution in [0.15, 0.2) is 6.07 Å². The monoisotopic (exact) mass is 278 g/mol. The van der Waals surface area contributed by atoms with Crippen molar-refractivity contribution in [2.24, 2.45) is 5.92 Å². The fourth-order valence-corrected chi connectivity index (χ4v) is 2.87. The molecule has 4 heteroatoms. The number of amides is 1. The number of rotatable bonds is 5. The van der Waals surface area contributed by atoms with E-state index in [9.17, 15) is 9.90 Å². The summed E-state index contributed by atoms with van der Waals surface area (Å²) >= 11 is 0. The first-order valence-electron chi connectivity index (χ1n) is 7.62. The number of nitrogens with zero attached hydrogens (tertiary/aromatic N) is 1. The van der Waals surface area contributed by atoms with Crippen LogP contribution in [-0.4, -0.2) is 22.1 Å². The molecule has 112 valence electrons. The van der Waals surface area contributed by atoms with Gasteiger partial charge in [-0.05, 0) is 38.2 Å². The van der Waals surface area contributed by atoms with E-state index in [-0.39, 0.29) is 12.0 Å². The summed E-state index contributed by atoms with van der Waals surface area (Å²) in [6.45, 7) is 7.68. The summed E-state index contributed by atoms with van der Waals surface area (Å²) in [4.78, 5) is 11.8. The quantitative estimate of drug-likeness (QED) is 0.868. The molecule has 0 aliphatic heterocycles. The summed E-state index contributed by atoms with van der Waals surface area (Å²) in [6.07, 6.45) is 3.06. The third-order valence-electron chi connectivity index (χ3n) is 3.97. The Morgan fingerprint density at radius 3 is 3.00 bits per heavy atom. The van der Waals surface area contributed by atoms with Crippen LogP contribution in [0.25, 0.3) is 0 Å². The van der Waals surface area contributed by atoms with E-state index in [1.807, 2.05) is 0 Å². The van der Waals surface area contributed by atoms with Crippen LogP contribution in [0.5, 0.6) is 0 Å². The summed E-state index contributed by atoms with van der Waals surface area (Å²) in [5.74, 6) is 0.590. The summed E-state index contributed by atoms with van der Waals surface area (Å²) in [7, 11) is 0. The number of aromatic nitrogens is 1. The molecule has 1 heterocycles. The summed E-state index contributed by atoms with van der Waals surface area (Å²) in [5.41, 5.74) is 3.43. The summed E-state index contributed by atoms with van der Waals surface area (Å²) in [6, 6.07) is 2.07. The lowest BCUT2D eigenvalue weighted by molar-refractivity contribution is -0.121. The second kappa shape index (κ2) is 6.44. The Labute approximate surface area is 121 Å². The highest BCUT2D eigenvalue weighted by molar-refractivity contribution is 5.75. The number of aliphatic hydroxyl groups is 1. The average Bonchev–Trinajstić information content (AvgIpc) is 2.71. The third kappa shape index (κ3) is 3.42. The predicted molar refractivity (Wildman–Crippen MR) is 79.5 cm³/mol. The van der Waals surface area contributed by atoms with E-state index in [0.717, 1.165) is 37.1 Å². The molecular weight excluding hydrogens is 252 g/mol. The second-order valence-corrected chi connectivity index (χ2v) is 6.20. The molecule has 1 amide bonds. The van der Waals surface area contributed by atoms with Crippen molar-refractivity contribution in [1.29, 1.82) is 0 Å². The van der Waals surface area contributed by atoms with Crippen molar-refractivity contribution in [3.05, 3.63) is 23.0 Å². The Morgan fingerprint density at radius 2 is 2.30 bits per heavy atom. The van der Waals surface area contributed by atoms with Crippen LogP contribution in [0, 0.1) is 12.8 Å². The van der Waals surface area contributed by atoms with Gasteiger partial charge in [0.2, 0.25) is 5.91 Å². The fourth-order valence-electron chi connectivity index (χ4n) is 2.87. The Hall–Kier alpha value is -1.29. The van der Waals surface area contributed by atoms with Crippen molar-refractivity contribution in [2.45, 2.75) is 59.1 Å². The first-order chi connectivity index (χ1) is 9.49. The van der Waals surface area contributed by atoms with E-state index in [1.54, 1.807) is 0 Å². The minimum Gasteiger partial charge on any atom is -0.388 e. The molecule has 0 fully saturated rings. The number of nitrogens with one attached hydrogen (secondary N) is 1. The number of hydrogen-bond donors (Lipinski definition) is 2. The van der Waals surface area contributed by atoms with Gasteiger partial charge in [-0.25, -0.2) is 0 Å². The smallest absolute Gasteiger partial charge is 0.221 e. The first kappa shape index (κ1) is 15.1. The summed E-state index contributed by atoms with van der Waals surface area (Å²) in [5, 5.41) is 13.0. The highest BCUT2D eigenvalue weighted by Gasteiger charge is 2.23. The van der Waals surface area contributed by atoms with E-state index in [0.29, 0.717) is 18.9 Å². The molecule has 1 atom stereocenters. The van der Waals surface area contributed by atoms with Crippen LogP contribution in [0.3, 0.4) is 0 Å². The molecule has 1 unspecified atom stereocenters. The van der Waals surface area contributed by atoms with E-state index in [1.165, 1.54) is 5.69 Å². The lowest BCUT2D eigenvalue weighted by Gasteiger charge is -2.20. The number of fused-ring (bicyclic) bond motifs is 1. The number of aliphatic hydroxyl groups excluding tert-OH is 1. The molecule has 1 aliphatic rings. The third-order valence-corrected chi connectivity index (χ3v) is 3.97. The molecule has 4 nitrogen and oxygen atoms in total. The normalized spacial score (nSPS) is 18.1. The predicted octanol–water partition coefficient (Wildman–Crippen LogP) is 2.33. The van der Waals surface area contributed by atoms with E-state index < -0.39 is 0 Å². The van der Waals surface area contributed by atoms with Gasteiger partial charge in [0.1, 0.15) is 0 Å². The molecule has 0 aromatic carbocycles. The van der Waals surface area contributed by atoms with Gasteiger partial charge in [-0.3, -0.25) is 4.79 Å². The van der Waals surface area contributed by atoms with Crippen molar-refractivity contribution in [1.82, 2.24) is 9.88 Å². The van der Waals surface area contributed by atoms with E-state index >= 15 is 0 Å². The number of carbonyl (C=O) groups excluding carboxylic acids is 1. The molecule has 1 aromatic rings. The molecule has 0 radical (unpaired) electrons. The Morgan fingerprint density at radius 1 is 1.55 bits per heavy atom. The maximum atomic E-state index is 11.8. The summed E-state index contributed by atoms with van der Waals surface area (Å²) < 4.78 is 2.20. The standard InChI is InChI=1S/C16H26N2O2/c1-11(2)10-17-16(20)7-8-18-12(3)9-13-14(18)5-4-6-15(13)19/h9,11,15,19H,4-8,10H2,1-3H3,(H,17,20). The SMILES string of the molecule is Cc1cc2c(n1CCC(=O)NCC(C)C)CCCC2O. The topological polar surface area (TPSA) is 54.3 Å². The van der Waals surface area contributed by atoms with Crippen molar-refractivity contribution >= 4 is 5.91 Å². The van der Waals surface area contributed by atoms with E-state index in [2.05, 4.69) is 36.7 Å². The van der Waals surface area contributed by atoms with Gasteiger partial charge in [-0.1, -0.05) is 13.8 Å². The Balaban J connectivity index is 1.98. The van der Waals surface area contributed by atoms with Gasteiger partial charge in [0, 0.05) is 36.5 Å². The number of carbonyl (C=O) groups is 1. The molecule has 0 bridgehead atoms. The van der Waals surface area contributed by atoms with E-state index in [4.69, 9.17) is 0 Å². The molecular formula is C16H26N2O2. The molecule has 1 aliphatic carbocycles. The van der Waals surface area contributed by atoms with Crippen LogP contribution < -0.4 is 5.32 Å². The van der Waals surface area contributed by atoms with Crippen LogP contribution in [0.1, 0.15) is 56.2 Å². The average molecular weight is 278 g/mol. The van der Waals surface area contributed by atoms with Crippen molar-refractivity contribution in [3.63, 3.8) is 0 Å². The zero-order chi connectivity index (χ0) is 14.7. The lowest BCUT2D eigenvalue weighted by atomic mass is 9.95.